The van der Waals surface area contributed by atoms with Crippen molar-refractivity contribution >= 4 is 28.7 Å². The van der Waals surface area contributed by atoms with Crippen molar-refractivity contribution in [2.75, 3.05) is 13.6 Å². The second-order valence-electron chi connectivity index (χ2n) is 4.52. The Labute approximate surface area is 122 Å². The van der Waals surface area contributed by atoms with E-state index in [1.54, 1.807) is 23.5 Å². The Morgan fingerprint density at radius 2 is 2.11 bits per heavy atom. The molecule has 0 aliphatic rings. The van der Waals surface area contributed by atoms with Crippen molar-refractivity contribution < 1.29 is 4.79 Å². The van der Waals surface area contributed by atoms with Gasteiger partial charge in [0.15, 0.2) is 5.78 Å². The van der Waals surface area contributed by atoms with Crippen LogP contribution in [0.1, 0.15) is 22.3 Å². The van der Waals surface area contributed by atoms with Gasteiger partial charge >= 0.3 is 0 Å². The van der Waals surface area contributed by atoms with E-state index in [4.69, 9.17) is 11.6 Å². The molecule has 0 radical (unpaired) electrons. The predicted octanol–water partition coefficient (Wildman–Crippen LogP) is 4.11. The molecule has 0 saturated carbocycles. The molecule has 2 aromatic rings. The van der Waals surface area contributed by atoms with E-state index in [1.807, 2.05) is 19.2 Å². The van der Waals surface area contributed by atoms with Gasteiger partial charge in [0.05, 0.1) is 5.02 Å². The first kappa shape index (κ1) is 14.3. The van der Waals surface area contributed by atoms with Gasteiger partial charge in [-0.1, -0.05) is 23.7 Å². The third-order valence-electron chi connectivity index (χ3n) is 2.93. The zero-order valence-corrected chi connectivity index (χ0v) is 12.4. The molecular weight excluding hydrogens is 278 g/mol. The van der Waals surface area contributed by atoms with E-state index in [2.05, 4.69) is 21.7 Å². The monoisotopic (exact) mass is 293 g/mol. The number of carbonyl (C=O) groups is 1. The van der Waals surface area contributed by atoms with Crippen molar-refractivity contribution in [3.63, 3.8) is 0 Å². The smallest absolute Gasteiger partial charge is 0.165 e. The summed E-state index contributed by atoms with van der Waals surface area (Å²) in [4.78, 5) is 14.2. The third kappa shape index (κ3) is 4.16. The van der Waals surface area contributed by atoms with E-state index in [1.165, 1.54) is 5.56 Å². The quantitative estimate of drug-likeness (QED) is 0.747. The molecule has 19 heavy (non-hydrogen) atoms. The maximum atomic E-state index is 12.1. The molecule has 0 aliphatic carbocycles. The highest BCUT2D eigenvalue weighted by molar-refractivity contribution is 7.07. The van der Waals surface area contributed by atoms with Gasteiger partial charge in [0.1, 0.15) is 0 Å². The molecule has 1 heterocycles. The van der Waals surface area contributed by atoms with Gasteiger partial charge < -0.3 is 4.90 Å². The summed E-state index contributed by atoms with van der Waals surface area (Å²) in [5.74, 6) is 0.0998. The summed E-state index contributed by atoms with van der Waals surface area (Å²) in [6.45, 7) is 1.61. The molecule has 0 fully saturated rings. The molecule has 1 aromatic heterocycles. The number of nitrogens with zero attached hydrogens (tertiary/aromatic N) is 1. The van der Waals surface area contributed by atoms with Gasteiger partial charge in [-0.3, -0.25) is 4.79 Å². The number of halogens is 1. The van der Waals surface area contributed by atoms with Crippen molar-refractivity contribution in [3.05, 3.63) is 57.2 Å². The van der Waals surface area contributed by atoms with Crippen molar-refractivity contribution in [3.8, 4) is 0 Å². The number of Topliss-reactive ketones (excluding diaryl/α,β-unsaturated/α-hetero) is 1. The van der Waals surface area contributed by atoms with Crippen LogP contribution in [0.3, 0.4) is 0 Å². The number of ketones is 1. The summed E-state index contributed by atoms with van der Waals surface area (Å²) < 4.78 is 0. The van der Waals surface area contributed by atoms with Crippen LogP contribution in [-0.4, -0.2) is 24.3 Å². The van der Waals surface area contributed by atoms with Gasteiger partial charge in [-0.2, -0.15) is 11.3 Å². The zero-order chi connectivity index (χ0) is 13.7. The van der Waals surface area contributed by atoms with Crippen molar-refractivity contribution in [2.45, 2.75) is 13.0 Å². The van der Waals surface area contributed by atoms with Crippen molar-refractivity contribution in [1.29, 1.82) is 0 Å². The van der Waals surface area contributed by atoms with Crippen LogP contribution in [0.2, 0.25) is 5.02 Å². The molecular formula is C15H16ClNOS. The SMILES string of the molecule is CN(CCC(=O)c1ccccc1Cl)Cc1ccsc1. The fourth-order valence-corrected chi connectivity index (χ4v) is 2.79. The lowest BCUT2D eigenvalue weighted by Crippen LogP contribution is -2.21. The lowest BCUT2D eigenvalue weighted by atomic mass is 10.1. The second-order valence-corrected chi connectivity index (χ2v) is 5.71. The molecule has 0 aliphatic heterocycles. The van der Waals surface area contributed by atoms with Crippen LogP contribution in [0.4, 0.5) is 0 Å². The molecule has 0 N–H and O–H groups in total. The Hall–Kier alpha value is -1.16. The van der Waals surface area contributed by atoms with E-state index in [0.29, 0.717) is 17.0 Å². The Morgan fingerprint density at radius 3 is 2.79 bits per heavy atom. The Balaban J connectivity index is 1.85. The number of hydrogen-bond acceptors (Lipinski definition) is 3. The lowest BCUT2D eigenvalue weighted by molar-refractivity contribution is 0.0968. The van der Waals surface area contributed by atoms with Gasteiger partial charge in [-0.15, -0.1) is 0 Å². The van der Waals surface area contributed by atoms with Crippen LogP contribution in [0, 0.1) is 0 Å². The predicted molar refractivity (Wildman–Crippen MR) is 81.1 cm³/mol. The highest BCUT2D eigenvalue weighted by atomic mass is 35.5. The zero-order valence-electron chi connectivity index (χ0n) is 10.8. The topological polar surface area (TPSA) is 20.3 Å². The maximum Gasteiger partial charge on any atom is 0.165 e. The van der Waals surface area contributed by atoms with Crippen LogP contribution in [0.25, 0.3) is 0 Å². The Bertz CT molecular complexity index is 539. The van der Waals surface area contributed by atoms with E-state index in [9.17, 15) is 4.79 Å². The van der Waals surface area contributed by atoms with Gasteiger partial charge in [-0.25, -0.2) is 0 Å². The summed E-state index contributed by atoms with van der Waals surface area (Å²) in [5.41, 5.74) is 1.91. The third-order valence-corrected chi connectivity index (χ3v) is 3.99. The van der Waals surface area contributed by atoms with Crippen LogP contribution in [-0.2, 0) is 6.54 Å². The minimum atomic E-state index is 0.0998. The molecule has 1 aromatic carbocycles. The number of hydrogen-bond donors (Lipinski definition) is 0. The molecule has 100 valence electrons. The average Bonchev–Trinajstić information content (AvgIpc) is 2.89. The van der Waals surface area contributed by atoms with Gasteiger partial charge in [0.25, 0.3) is 0 Å². The van der Waals surface area contributed by atoms with Crippen LogP contribution in [0.5, 0.6) is 0 Å². The lowest BCUT2D eigenvalue weighted by Gasteiger charge is -2.15. The largest absolute Gasteiger partial charge is 0.302 e. The number of rotatable bonds is 6. The van der Waals surface area contributed by atoms with Gasteiger partial charge in [-0.05, 0) is 41.6 Å². The highest BCUT2D eigenvalue weighted by Gasteiger charge is 2.10. The van der Waals surface area contributed by atoms with E-state index < -0.39 is 0 Å². The number of thiophene rings is 1. The maximum absolute atomic E-state index is 12.1. The van der Waals surface area contributed by atoms with E-state index in [-0.39, 0.29) is 5.78 Å². The minimum absolute atomic E-state index is 0.0998. The molecule has 0 unspecified atom stereocenters. The fraction of sp³-hybridized carbons (Fsp3) is 0.267. The second kappa shape index (κ2) is 6.85. The van der Waals surface area contributed by atoms with Crippen molar-refractivity contribution in [1.82, 2.24) is 4.90 Å². The molecule has 0 saturated heterocycles. The first-order valence-electron chi connectivity index (χ1n) is 6.14. The van der Waals surface area contributed by atoms with Crippen molar-refractivity contribution in [2.24, 2.45) is 0 Å². The van der Waals surface area contributed by atoms with Crippen LogP contribution < -0.4 is 0 Å². The minimum Gasteiger partial charge on any atom is -0.302 e. The molecule has 0 bridgehead atoms. The number of benzene rings is 1. The molecule has 0 spiro atoms. The molecule has 2 nitrogen and oxygen atoms in total. The first-order chi connectivity index (χ1) is 9.16. The van der Waals surface area contributed by atoms with E-state index >= 15 is 0 Å². The molecule has 4 heteroatoms. The summed E-state index contributed by atoms with van der Waals surface area (Å²) in [6.07, 6.45) is 0.490. The van der Waals surface area contributed by atoms with Crippen LogP contribution >= 0.6 is 22.9 Å². The fourth-order valence-electron chi connectivity index (χ4n) is 1.89. The highest BCUT2D eigenvalue weighted by Crippen LogP contribution is 2.17. The standard InChI is InChI=1S/C15H16ClNOS/c1-17(10-12-7-9-19-11-12)8-6-15(18)13-4-2-3-5-14(13)16/h2-5,7,9,11H,6,8,10H2,1H3. The summed E-state index contributed by atoms with van der Waals surface area (Å²) in [7, 11) is 2.03. The normalized spacial score (nSPS) is 10.9. The molecule has 2 rings (SSSR count). The summed E-state index contributed by atoms with van der Waals surface area (Å²) >= 11 is 7.71. The van der Waals surface area contributed by atoms with Crippen LogP contribution in [0.15, 0.2) is 41.1 Å². The molecule has 0 amide bonds. The van der Waals surface area contributed by atoms with E-state index in [0.717, 1.165) is 13.1 Å². The van der Waals surface area contributed by atoms with Gasteiger partial charge in [0, 0.05) is 25.1 Å². The Morgan fingerprint density at radius 1 is 1.32 bits per heavy atom. The first-order valence-corrected chi connectivity index (χ1v) is 7.46. The molecule has 0 atom stereocenters. The number of carbonyl (C=O) groups excluding carboxylic acids is 1. The summed E-state index contributed by atoms with van der Waals surface area (Å²) in [5, 5.41) is 4.73. The Kier molecular flexibility index (Phi) is 5.14. The van der Waals surface area contributed by atoms with Gasteiger partial charge in [0.2, 0.25) is 0 Å². The summed E-state index contributed by atoms with van der Waals surface area (Å²) in [6, 6.07) is 9.32. The average molecular weight is 294 g/mol.